The Labute approximate surface area is 212 Å². The van der Waals surface area contributed by atoms with Crippen LogP contribution < -0.4 is 9.46 Å². The molecule has 0 saturated carbocycles. The number of ether oxygens (including phenoxy) is 1. The monoisotopic (exact) mass is 542 g/mol. The number of fused-ring (bicyclic) bond motifs is 1. The molecule has 3 aromatic rings. The fourth-order valence-electron chi connectivity index (χ4n) is 2.79. The van der Waals surface area contributed by atoms with Crippen molar-refractivity contribution in [3.63, 3.8) is 0 Å². The largest absolute Gasteiger partial charge is 0.453 e. The van der Waals surface area contributed by atoms with Crippen molar-refractivity contribution in [3.8, 4) is 5.75 Å². The first kappa shape index (κ1) is 25.4. The van der Waals surface area contributed by atoms with Crippen molar-refractivity contribution in [1.82, 2.24) is 9.71 Å². The van der Waals surface area contributed by atoms with E-state index in [0.717, 1.165) is 10.9 Å². The van der Waals surface area contributed by atoms with E-state index in [2.05, 4.69) is 9.71 Å². The highest BCUT2D eigenvalue weighted by atomic mass is 35.5. The van der Waals surface area contributed by atoms with E-state index in [4.69, 9.17) is 51.1 Å². The molecule has 1 N–H and O–H groups in total. The number of hydrogen-bond donors (Lipinski definition) is 1. The van der Waals surface area contributed by atoms with Crippen LogP contribution in [-0.2, 0) is 10.0 Å². The average molecular weight is 544 g/mol. The molecule has 2 aromatic carbocycles. The van der Waals surface area contributed by atoms with Crippen LogP contribution in [-0.4, -0.2) is 13.4 Å². The highest BCUT2D eigenvalue weighted by Crippen LogP contribution is 2.29. The summed E-state index contributed by atoms with van der Waals surface area (Å²) in [6.07, 6.45) is 4.47. The van der Waals surface area contributed by atoms with Crippen molar-refractivity contribution in [2.24, 2.45) is 0 Å². The first-order chi connectivity index (χ1) is 15.6. The Balaban J connectivity index is 1.87. The number of pyridine rings is 1. The van der Waals surface area contributed by atoms with Gasteiger partial charge in [0.15, 0.2) is 5.76 Å². The molecular weight excluding hydrogens is 526 g/mol. The van der Waals surface area contributed by atoms with E-state index in [9.17, 15) is 8.42 Å². The smallest absolute Gasteiger partial charge is 0.263 e. The lowest BCUT2D eigenvalue weighted by Gasteiger charge is -2.13. The van der Waals surface area contributed by atoms with Gasteiger partial charge in [-0.25, -0.2) is 8.42 Å². The SMILES string of the molecule is C\C=C(/C=C(Cl)\C(Oc1cnc2ccccc2c1)=C(/C)Cl)NS(=O)(=O)c1ccc(Cl)cc1Cl. The number of aromatic nitrogens is 1. The fraction of sp³-hybridized carbons (Fsp3) is 0.0870. The van der Waals surface area contributed by atoms with Crippen LogP contribution in [0.25, 0.3) is 10.9 Å². The molecule has 0 aliphatic rings. The van der Waals surface area contributed by atoms with E-state index in [0.29, 0.717) is 10.8 Å². The van der Waals surface area contributed by atoms with Crippen molar-refractivity contribution < 1.29 is 13.2 Å². The van der Waals surface area contributed by atoms with Crippen molar-refractivity contribution >= 4 is 67.3 Å². The number of rotatable bonds is 7. The maximum atomic E-state index is 12.8. The van der Waals surface area contributed by atoms with Gasteiger partial charge in [-0.1, -0.05) is 70.7 Å². The summed E-state index contributed by atoms with van der Waals surface area (Å²) < 4.78 is 33.9. The van der Waals surface area contributed by atoms with Gasteiger partial charge in [0.2, 0.25) is 0 Å². The quantitative estimate of drug-likeness (QED) is 0.249. The van der Waals surface area contributed by atoms with Gasteiger partial charge in [-0.15, -0.1) is 0 Å². The Morgan fingerprint density at radius 2 is 1.82 bits per heavy atom. The maximum Gasteiger partial charge on any atom is 0.263 e. The molecule has 172 valence electrons. The van der Waals surface area contributed by atoms with Gasteiger partial charge in [-0.05, 0) is 50.3 Å². The van der Waals surface area contributed by atoms with Crippen LogP contribution in [0.1, 0.15) is 13.8 Å². The number of allylic oxidation sites excluding steroid dienone is 4. The molecule has 33 heavy (non-hydrogen) atoms. The second-order valence-corrected chi connectivity index (χ2v) is 10.2. The van der Waals surface area contributed by atoms with Crippen molar-refractivity contribution in [3.05, 3.63) is 98.4 Å². The third-order valence-electron chi connectivity index (χ3n) is 4.34. The van der Waals surface area contributed by atoms with Gasteiger partial charge < -0.3 is 4.74 Å². The maximum absolute atomic E-state index is 12.8. The molecule has 10 heteroatoms. The molecule has 0 fully saturated rings. The van der Waals surface area contributed by atoms with Crippen LogP contribution in [0.4, 0.5) is 0 Å². The molecule has 0 aliphatic carbocycles. The molecule has 3 rings (SSSR count). The Morgan fingerprint density at radius 1 is 1.09 bits per heavy atom. The Morgan fingerprint density at radius 3 is 2.48 bits per heavy atom. The highest BCUT2D eigenvalue weighted by Gasteiger charge is 2.19. The highest BCUT2D eigenvalue weighted by molar-refractivity contribution is 7.89. The van der Waals surface area contributed by atoms with Gasteiger partial charge in [-0.3, -0.25) is 9.71 Å². The van der Waals surface area contributed by atoms with Crippen LogP contribution in [0, 0.1) is 0 Å². The summed E-state index contributed by atoms with van der Waals surface area (Å²) in [6.45, 7) is 3.25. The lowest BCUT2D eigenvalue weighted by Crippen LogP contribution is -2.23. The Bertz CT molecular complexity index is 1400. The summed E-state index contributed by atoms with van der Waals surface area (Å²) in [4.78, 5) is 4.22. The fourth-order valence-corrected chi connectivity index (χ4v) is 5.14. The van der Waals surface area contributed by atoms with Gasteiger partial charge in [0.05, 0.1) is 26.8 Å². The summed E-state index contributed by atoms with van der Waals surface area (Å²) in [5.41, 5.74) is 0.993. The Kier molecular flexibility index (Phi) is 8.32. The van der Waals surface area contributed by atoms with Crippen molar-refractivity contribution in [1.29, 1.82) is 0 Å². The zero-order valence-corrected chi connectivity index (χ0v) is 21.3. The van der Waals surface area contributed by atoms with Gasteiger partial charge in [-0.2, -0.15) is 0 Å². The van der Waals surface area contributed by atoms with E-state index >= 15 is 0 Å². The molecule has 0 amide bonds. The molecule has 0 spiro atoms. The number of benzene rings is 2. The molecule has 1 aromatic heterocycles. The van der Waals surface area contributed by atoms with Crippen molar-refractivity contribution in [2.45, 2.75) is 18.7 Å². The second kappa shape index (κ2) is 10.8. The van der Waals surface area contributed by atoms with Crippen molar-refractivity contribution in [2.75, 3.05) is 0 Å². The molecule has 0 aliphatic heterocycles. The molecule has 0 atom stereocenters. The number of para-hydroxylation sites is 1. The predicted octanol–water partition coefficient (Wildman–Crippen LogP) is 7.40. The molecule has 0 saturated heterocycles. The van der Waals surface area contributed by atoms with Crippen LogP contribution in [0.15, 0.2) is 93.3 Å². The first-order valence-electron chi connectivity index (χ1n) is 9.51. The van der Waals surface area contributed by atoms with Gasteiger partial charge >= 0.3 is 0 Å². The molecule has 0 radical (unpaired) electrons. The number of hydrogen-bond acceptors (Lipinski definition) is 4. The summed E-state index contributed by atoms with van der Waals surface area (Å²) in [6, 6.07) is 13.5. The minimum absolute atomic E-state index is 0.00939. The van der Waals surface area contributed by atoms with Gasteiger partial charge in [0.25, 0.3) is 10.0 Å². The number of nitrogens with one attached hydrogen (secondary N) is 1. The van der Waals surface area contributed by atoms with E-state index in [-0.39, 0.29) is 31.4 Å². The minimum Gasteiger partial charge on any atom is -0.453 e. The zero-order valence-electron chi connectivity index (χ0n) is 17.4. The molecular formula is C23H18Cl4N2O3S. The lowest BCUT2D eigenvalue weighted by atomic mass is 10.2. The van der Waals surface area contributed by atoms with E-state index in [1.165, 1.54) is 30.4 Å². The topological polar surface area (TPSA) is 68.3 Å². The van der Waals surface area contributed by atoms with E-state index in [1.54, 1.807) is 26.1 Å². The summed E-state index contributed by atoms with van der Waals surface area (Å²) in [5, 5.41) is 1.53. The second-order valence-electron chi connectivity index (χ2n) is 6.74. The molecule has 0 bridgehead atoms. The van der Waals surface area contributed by atoms with Crippen LogP contribution in [0.2, 0.25) is 10.0 Å². The summed E-state index contributed by atoms with van der Waals surface area (Å²) in [5.74, 6) is 0.573. The van der Waals surface area contributed by atoms with Gasteiger partial charge in [0.1, 0.15) is 10.6 Å². The Hall–Kier alpha value is -2.22. The zero-order chi connectivity index (χ0) is 24.2. The molecule has 5 nitrogen and oxygen atoms in total. The standard InChI is InChI=1S/C23H18Cl4N2O3S/c1-3-17(29-33(30,31)22-9-8-16(25)11-19(22)26)12-20(27)23(14(2)24)32-18-10-15-6-4-5-7-21(15)28-13-18/h3-13,29H,1-2H3/b17-3+,20-12+,23-14-. The van der Waals surface area contributed by atoms with E-state index < -0.39 is 10.0 Å². The predicted molar refractivity (Wildman–Crippen MR) is 135 cm³/mol. The third kappa shape index (κ3) is 6.43. The number of nitrogens with zero attached hydrogens (tertiary/aromatic N) is 1. The lowest BCUT2D eigenvalue weighted by molar-refractivity contribution is 0.437. The summed E-state index contributed by atoms with van der Waals surface area (Å²) >= 11 is 24.6. The normalized spacial score (nSPS) is 13.6. The van der Waals surface area contributed by atoms with Crippen LogP contribution >= 0.6 is 46.4 Å². The molecule has 0 unspecified atom stereocenters. The van der Waals surface area contributed by atoms with E-state index in [1.807, 2.05) is 24.3 Å². The first-order valence-corrected chi connectivity index (χ1v) is 12.5. The summed E-state index contributed by atoms with van der Waals surface area (Å²) in [7, 11) is -4.01. The van der Waals surface area contributed by atoms with Crippen LogP contribution in [0.5, 0.6) is 5.75 Å². The van der Waals surface area contributed by atoms with Crippen LogP contribution in [0.3, 0.4) is 0 Å². The minimum atomic E-state index is -4.01. The third-order valence-corrected chi connectivity index (χ3v) is 6.90. The van der Waals surface area contributed by atoms with Gasteiger partial charge in [0, 0.05) is 16.1 Å². The average Bonchev–Trinajstić information content (AvgIpc) is 2.76. The molecule has 1 heterocycles. The number of halogens is 4. The number of sulfonamides is 1.